The van der Waals surface area contributed by atoms with Crippen molar-refractivity contribution in [2.45, 2.75) is 45.8 Å². The lowest BCUT2D eigenvalue weighted by atomic mass is 9.97. The summed E-state index contributed by atoms with van der Waals surface area (Å²) in [7, 11) is 0. The standard InChI is InChI=1S/C23H26N2O4/c1-5-28-21(26)20(25-22(27)29-23(2,3)4)14-16-10-12-17(13-11-16)19-9-7-6-8-18(19)15-24/h6-13,20H,5,14H2,1-4H3,(H,25,27). The van der Waals surface area contributed by atoms with Gasteiger partial charge in [0.2, 0.25) is 0 Å². The Hall–Kier alpha value is -3.33. The Morgan fingerprint density at radius 1 is 1.10 bits per heavy atom. The van der Waals surface area contributed by atoms with Gasteiger partial charge in [0.05, 0.1) is 18.2 Å². The van der Waals surface area contributed by atoms with Crippen LogP contribution in [0.1, 0.15) is 38.8 Å². The average Bonchev–Trinajstić information content (AvgIpc) is 2.67. The largest absolute Gasteiger partial charge is 0.464 e. The Bertz CT molecular complexity index is 892. The predicted octanol–water partition coefficient (Wildman–Crippen LogP) is 4.22. The Balaban J connectivity index is 2.17. The van der Waals surface area contributed by atoms with Crippen LogP contribution in [0.3, 0.4) is 0 Å². The maximum absolute atomic E-state index is 12.3. The van der Waals surface area contributed by atoms with E-state index in [2.05, 4.69) is 11.4 Å². The van der Waals surface area contributed by atoms with Crippen molar-refractivity contribution < 1.29 is 19.1 Å². The third-order valence-corrected chi connectivity index (χ3v) is 4.01. The van der Waals surface area contributed by atoms with E-state index in [4.69, 9.17) is 9.47 Å². The number of nitriles is 1. The summed E-state index contributed by atoms with van der Waals surface area (Å²) in [5, 5.41) is 11.9. The van der Waals surface area contributed by atoms with E-state index < -0.39 is 23.7 Å². The van der Waals surface area contributed by atoms with Gasteiger partial charge in [-0.2, -0.15) is 5.26 Å². The Morgan fingerprint density at radius 3 is 2.34 bits per heavy atom. The zero-order valence-electron chi connectivity index (χ0n) is 17.2. The molecule has 1 atom stereocenters. The number of carbonyl (C=O) groups excluding carboxylic acids is 2. The Labute approximate surface area is 171 Å². The van der Waals surface area contributed by atoms with Gasteiger partial charge in [-0.3, -0.25) is 0 Å². The summed E-state index contributed by atoms with van der Waals surface area (Å²) in [6.07, 6.45) is -0.409. The molecule has 2 aromatic carbocycles. The van der Waals surface area contributed by atoms with Gasteiger partial charge in [0, 0.05) is 6.42 Å². The lowest BCUT2D eigenvalue weighted by Crippen LogP contribution is -2.45. The number of rotatable bonds is 6. The molecular weight excluding hydrogens is 368 g/mol. The van der Waals surface area contributed by atoms with Gasteiger partial charge >= 0.3 is 12.1 Å². The van der Waals surface area contributed by atoms with Gasteiger partial charge in [-0.25, -0.2) is 9.59 Å². The Morgan fingerprint density at radius 2 is 1.76 bits per heavy atom. The first-order valence-corrected chi connectivity index (χ1v) is 9.48. The second-order valence-electron chi connectivity index (χ2n) is 7.51. The second kappa shape index (κ2) is 9.74. The number of carbonyl (C=O) groups is 2. The minimum absolute atomic E-state index is 0.217. The minimum Gasteiger partial charge on any atom is -0.464 e. The smallest absolute Gasteiger partial charge is 0.408 e. The van der Waals surface area contributed by atoms with Crippen LogP contribution in [0.5, 0.6) is 0 Å². The molecule has 1 amide bonds. The first-order valence-electron chi connectivity index (χ1n) is 9.48. The fourth-order valence-electron chi connectivity index (χ4n) is 2.77. The first-order chi connectivity index (χ1) is 13.7. The van der Waals surface area contributed by atoms with Crippen LogP contribution in [0.2, 0.25) is 0 Å². The van der Waals surface area contributed by atoms with Crippen molar-refractivity contribution in [2.24, 2.45) is 0 Å². The highest BCUT2D eigenvalue weighted by Crippen LogP contribution is 2.24. The van der Waals surface area contributed by atoms with E-state index in [1.807, 2.05) is 42.5 Å². The van der Waals surface area contributed by atoms with Crippen LogP contribution in [0.15, 0.2) is 48.5 Å². The molecule has 0 aromatic heterocycles. The molecule has 0 saturated carbocycles. The van der Waals surface area contributed by atoms with E-state index in [0.29, 0.717) is 5.56 Å². The van der Waals surface area contributed by atoms with Gasteiger partial charge < -0.3 is 14.8 Å². The molecular formula is C23H26N2O4. The highest BCUT2D eigenvalue weighted by Gasteiger charge is 2.25. The van der Waals surface area contributed by atoms with E-state index in [1.54, 1.807) is 33.8 Å². The summed E-state index contributed by atoms with van der Waals surface area (Å²) in [6.45, 7) is 7.19. The molecule has 0 aliphatic heterocycles. The van der Waals surface area contributed by atoms with Gasteiger partial charge in [0.25, 0.3) is 0 Å². The molecule has 2 aromatic rings. The topological polar surface area (TPSA) is 88.4 Å². The molecule has 29 heavy (non-hydrogen) atoms. The molecule has 0 aliphatic rings. The van der Waals surface area contributed by atoms with E-state index in [-0.39, 0.29) is 13.0 Å². The molecule has 1 unspecified atom stereocenters. The third kappa shape index (κ3) is 6.65. The molecule has 6 nitrogen and oxygen atoms in total. The van der Waals surface area contributed by atoms with Gasteiger partial charge in [-0.15, -0.1) is 0 Å². The maximum Gasteiger partial charge on any atom is 0.408 e. The van der Waals surface area contributed by atoms with Crippen molar-refractivity contribution in [2.75, 3.05) is 6.61 Å². The summed E-state index contributed by atoms with van der Waals surface area (Å²) >= 11 is 0. The van der Waals surface area contributed by atoms with Gasteiger partial charge in [0.1, 0.15) is 11.6 Å². The second-order valence-corrected chi connectivity index (χ2v) is 7.51. The zero-order valence-corrected chi connectivity index (χ0v) is 17.2. The van der Waals surface area contributed by atoms with Crippen LogP contribution in [0, 0.1) is 11.3 Å². The van der Waals surface area contributed by atoms with Gasteiger partial charge in [-0.05, 0) is 50.5 Å². The Kier molecular flexibility index (Phi) is 7.38. The molecule has 0 heterocycles. The van der Waals surface area contributed by atoms with E-state index in [1.165, 1.54) is 0 Å². The fourth-order valence-corrected chi connectivity index (χ4v) is 2.77. The lowest BCUT2D eigenvalue weighted by Gasteiger charge is -2.23. The van der Waals surface area contributed by atoms with Crippen LogP contribution < -0.4 is 5.32 Å². The molecule has 0 fully saturated rings. The number of amides is 1. The van der Waals surface area contributed by atoms with E-state index in [9.17, 15) is 14.9 Å². The molecule has 0 spiro atoms. The number of nitrogens with one attached hydrogen (secondary N) is 1. The van der Waals surface area contributed by atoms with Gasteiger partial charge in [0.15, 0.2) is 0 Å². The number of hydrogen-bond acceptors (Lipinski definition) is 5. The van der Waals surface area contributed by atoms with E-state index in [0.717, 1.165) is 16.7 Å². The zero-order chi connectivity index (χ0) is 21.4. The number of ether oxygens (including phenoxy) is 2. The van der Waals surface area contributed by atoms with Crippen molar-refractivity contribution in [1.29, 1.82) is 5.26 Å². The summed E-state index contributed by atoms with van der Waals surface area (Å²) in [4.78, 5) is 24.4. The fraction of sp³-hybridized carbons (Fsp3) is 0.348. The minimum atomic E-state index is -0.859. The number of alkyl carbamates (subject to hydrolysis) is 1. The van der Waals surface area contributed by atoms with Crippen molar-refractivity contribution in [3.8, 4) is 17.2 Å². The average molecular weight is 394 g/mol. The van der Waals surface area contributed by atoms with Gasteiger partial charge in [-0.1, -0.05) is 42.5 Å². The van der Waals surface area contributed by atoms with Crippen LogP contribution in [-0.2, 0) is 20.7 Å². The number of nitrogens with zero attached hydrogens (tertiary/aromatic N) is 1. The first kappa shape index (κ1) is 22.0. The normalized spacial score (nSPS) is 11.8. The van der Waals surface area contributed by atoms with E-state index >= 15 is 0 Å². The third-order valence-electron chi connectivity index (χ3n) is 4.01. The molecule has 6 heteroatoms. The number of esters is 1. The highest BCUT2D eigenvalue weighted by molar-refractivity contribution is 5.82. The summed E-state index contributed by atoms with van der Waals surface area (Å²) < 4.78 is 10.3. The summed E-state index contributed by atoms with van der Waals surface area (Å²) in [5.74, 6) is -0.516. The molecule has 0 saturated heterocycles. The predicted molar refractivity (Wildman–Crippen MR) is 110 cm³/mol. The lowest BCUT2D eigenvalue weighted by molar-refractivity contribution is -0.145. The van der Waals surface area contributed by atoms with Crippen molar-refractivity contribution >= 4 is 12.1 Å². The quantitative estimate of drug-likeness (QED) is 0.741. The summed E-state index contributed by atoms with van der Waals surface area (Å²) in [6, 6.07) is 16.2. The van der Waals surface area contributed by atoms with Crippen LogP contribution in [0.4, 0.5) is 4.79 Å². The van der Waals surface area contributed by atoms with Crippen LogP contribution in [-0.4, -0.2) is 30.3 Å². The van der Waals surface area contributed by atoms with Crippen LogP contribution in [0.25, 0.3) is 11.1 Å². The molecule has 0 aliphatic carbocycles. The SMILES string of the molecule is CCOC(=O)C(Cc1ccc(-c2ccccc2C#N)cc1)NC(=O)OC(C)(C)C. The molecule has 1 N–H and O–H groups in total. The van der Waals surface area contributed by atoms with Crippen molar-refractivity contribution in [3.63, 3.8) is 0 Å². The summed E-state index contributed by atoms with van der Waals surface area (Å²) in [5.41, 5.74) is 2.52. The molecule has 0 bridgehead atoms. The van der Waals surface area contributed by atoms with Crippen LogP contribution >= 0.6 is 0 Å². The monoisotopic (exact) mass is 394 g/mol. The molecule has 0 radical (unpaired) electrons. The van der Waals surface area contributed by atoms with Crippen molar-refractivity contribution in [1.82, 2.24) is 5.32 Å². The highest BCUT2D eigenvalue weighted by atomic mass is 16.6. The maximum atomic E-state index is 12.3. The number of benzene rings is 2. The number of hydrogen-bond donors (Lipinski definition) is 1. The molecule has 2 rings (SSSR count). The van der Waals surface area contributed by atoms with Crippen molar-refractivity contribution in [3.05, 3.63) is 59.7 Å². The molecule has 152 valence electrons.